The van der Waals surface area contributed by atoms with Gasteiger partial charge in [-0.2, -0.15) is 0 Å². The molecule has 0 aliphatic heterocycles. The first-order chi connectivity index (χ1) is 5.24. The summed E-state index contributed by atoms with van der Waals surface area (Å²) in [5.74, 6) is -0.122. The van der Waals surface area contributed by atoms with Crippen LogP contribution in [0.2, 0.25) is 0 Å². The van der Waals surface area contributed by atoms with E-state index in [-0.39, 0.29) is 41.5 Å². The number of nitrogens with one attached hydrogen (secondary N) is 1. The predicted octanol–water partition coefficient (Wildman–Crippen LogP) is 1.80. The highest BCUT2D eigenvalue weighted by molar-refractivity contribution is 9.09. The van der Waals surface area contributed by atoms with Gasteiger partial charge in [0.1, 0.15) is 0 Å². The number of halogens is 3. The van der Waals surface area contributed by atoms with E-state index in [1.807, 2.05) is 0 Å². The fourth-order valence-electron chi connectivity index (χ4n) is 0.682. The largest absolute Gasteiger partial charge is 0.319 e. The molecule has 0 amide bonds. The summed E-state index contributed by atoms with van der Waals surface area (Å²) in [6, 6.07) is 4.49. The van der Waals surface area contributed by atoms with E-state index in [1.165, 1.54) is 6.07 Å². The zero-order valence-electron chi connectivity index (χ0n) is 6.45. The Labute approximate surface area is 95.9 Å². The fourth-order valence-corrected chi connectivity index (χ4v) is 0.984. The standard InChI is InChI=1S/C7H6BrNO2.2ClH/c8-4-6(10)5-2-1-3-7(11)9-5;;/h1-3H,4H2,(H,9,11);2*1H. The Kier molecular flexibility index (Phi) is 8.30. The van der Waals surface area contributed by atoms with E-state index in [0.29, 0.717) is 5.69 Å². The Bertz CT molecular complexity index is 326. The lowest BCUT2D eigenvalue weighted by molar-refractivity contribution is 0.101. The van der Waals surface area contributed by atoms with Crippen LogP contribution in [-0.4, -0.2) is 16.1 Å². The topological polar surface area (TPSA) is 49.9 Å². The van der Waals surface area contributed by atoms with Crippen LogP contribution in [0.15, 0.2) is 23.0 Å². The molecular weight excluding hydrogens is 281 g/mol. The van der Waals surface area contributed by atoms with Gasteiger partial charge < -0.3 is 4.98 Å². The van der Waals surface area contributed by atoms with Crippen LogP contribution in [0.5, 0.6) is 0 Å². The zero-order valence-corrected chi connectivity index (χ0v) is 9.67. The first-order valence-corrected chi connectivity index (χ1v) is 4.14. The molecule has 1 rings (SSSR count). The molecule has 0 aliphatic rings. The molecule has 74 valence electrons. The van der Waals surface area contributed by atoms with Gasteiger partial charge in [-0.25, -0.2) is 0 Å². The summed E-state index contributed by atoms with van der Waals surface area (Å²) >= 11 is 3.00. The molecule has 0 saturated carbocycles. The van der Waals surface area contributed by atoms with Gasteiger partial charge in [0.25, 0.3) is 0 Å². The average Bonchev–Trinajstić information content (AvgIpc) is 2.03. The minimum atomic E-state index is -0.253. The van der Waals surface area contributed by atoms with Crippen molar-refractivity contribution in [3.8, 4) is 0 Å². The maximum Gasteiger partial charge on any atom is 0.248 e. The number of carbonyl (C=O) groups is 1. The highest BCUT2D eigenvalue weighted by atomic mass is 79.9. The van der Waals surface area contributed by atoms with E-state index in [0.717, 1.165) is 0 Å². The van der Waals surface area contributed by atoms with Crippen LogP contribution in [0.3, 0.4) is 0 Å². The van der Waals surface area contributed by atoms with Gasteiger partial charge in [0.15, 0.2) is 5.78 Å². The van der Waals surface area contributed by atoms with E-state index < -0.39 is 0 Å². The van der Waals surface area contributed by atoms with Crippen LogP contribution in [0.1, 0.15) is 10.5 Å². The summed E-state index contributed by atoms with van der Waals surface area (Å²) in [6.45, 7) is 0. The summed E-state index contributed by atoms with van der Waals surface area (Å²) in [5, 5.41) is 0.229. The van der Waals surface area contributed by atoms with Crippen LogP contribution in [-0.2, 0) is 0 Å². The van der Waals surface area contributed by atoms with E-state index in [9.17, 15) is 9.59 Å². The summed E-state index contributed by atoms with van der Waals surface area (Å²) in [4.78, 5) is 24.1. The van der Waals surface area contributed by atoms with Crippen LogP contribution in [0.25, 0.3) is 0 Å². The SMILES string of the molecule is Cl.Cl.O=C(CBr)c1cccc(=O)[nH]1. The van der Waals surface area contributed by atoms with Crippen LogP contribution in [0.4, 0.5) is 0 Å². The van der Waals surface area contributed by atoms with Gasteiger partial charge in [0, 0.05) is 6.07 Å². The maximum atomic E-state index is 10.9. The number of H-pyrrole nitrogens is 1. The van der Waals surface area contributed by atoms with Crippen molar-refractivity contribution < 1.29 is 4.79 Å². The monoisotopic (exact) mass is 287 g/mol. The normalized spacial score (nSPS) is 8.08. The van der Waals surface area contributed by atoms with Crippen LogP contribution < -0.4 is 5.56 Å². The molecule has 3 nitrogen and oxygen atoms in total. The summed E-state index contributed by atoms with van der Waals surface area (Å²) in [7, 11) is 0. The number of alkyl halides is 1. The lowest BCUT2D eigenvalue weighted by Crippen LogP contribution is -2.11. The summed E-state index contributed by atoms with van der Waals surface area (Å²) in [6.07, 6.45) is 0. The van der Waals surface area contributed by atoms with Crippen molar-refractivity contribution >= 4 is 46.5 Å². The third kappa shape index (κ3) is 4.45. The van der Waals surface area contributed by atoms with Crippen molar-refractivity contribution in [2.75, 3.05) is 5.33 Å². The van der Waals surface area contributed by atoms with Crippen molar-refractivity contribution in [3.05, 3.63) is 34.2 Å². The number of ketones is 1. The number of pyridine rings is 1. The number of aromatic nitrogens is 1. The van der Waals surface area contributed by atoms with Crippen molar-refractivity contribution in [2.24, 2.45) is 0 Å². The third-order valence-electron chi connectivity index (χ3n) is 1.19. The quantitative estimate of drug-likeness (QED) is 0.666. The molecule has 0 bridgehead atoms. The number of hydrogen-bond donors (Lipinski definition) is 1. The summed E-state index contributed by atoms with van der Waals surface area (Å²) in [5.41, 5.74) is 0.0891. The molecule has 0 saturated heterocycles. The number of rotatable bonds is 2. The molecule has 0 aromatic carbocycles. The smallest absolute Gasteiger partial charge is 0.248 e. The maximum absolute atomic E-state index is 10.9. The predicted molar refractivity (Wildman–Crippen MR) is 59.7 cm³/mol. The van der Waals surface area contributed by atoms with E-state index in [1.54, 1.807) is 12.1 Å². The molecule has 6 heteroatoms. The third-order valence-corrected chi connectivity index (χ3v) is 1.70. The van der Waals surface area contributed by atoms with Crippen molar-refractivity contribution in [1.29, 1.82) is 0 Å². The Balaban J connectivity index is 0. The van der Waals surface area contributed by atoms with Gasteiger partial charge in [0.05, 0.1) is 11.0 Å². The van der Waals surface area contributed by atoms with Crippen LogP contribution >= 0.6 is 40.7 Å². The van der Waals surface area contributed by atoms with E-state index in [4.69, 9.17) is 0 Å². The molecular formula is C7H8BrCl2NO2. The highest BCUT2D eigenvalue weighted by Crippen LogP contribution is 1.94. The zero-order chi connectivity index (χ0) is 8.27. The molecule has 0 unspecified atom stereocenters. The first-order valence-electron chi connectivity index (χ1n) is 3.02. The average molecular weight is 289 g/mol. The Morgan fingerprint density at radius 3 is 2.46 bits per heavy atom. The molecule has 1 aromatic rings. The lowest BCUT2D eigenvalue weighted by Gasteiger charge is -1.93. The Hall–Kier alpha value is -0.320. The van der Waals surface area contributed by atoms with E-state index in [2.05, 4.69) is 20.9 Å². The molecule has 13 heavy (non-hydrogen) atoms. The van der Waals surface area contributed by atoms with Gasteiger partial charge in [-0.05, 0) is 6.07 Å². The molecule has 0 atom stereocenters. The van der Waals surface area contributed by atoms with Gasteiger partial charge in [-0.15, -0.1) is 24.8 Å². The molecule has 1 aromatic heterocycles. The minimum Gasteiger partial charge on any atom is -0.319 e. The number of Topliss-reactive ketones (excluding diaryl/α,β-unsaturated/α-hetero) is 1. The fraction of sp³-hybridized carbons (Fsp3) is 0.143. The summed E-state index contributed by atoms with van der Waals surface area (Å²) < 4.78 is 0. The van der Waals surface area contributed by atoms with Crippen molar-refractivity contribution in [1.82, 2.24) is 4.98 Å². The van der Waals surface area contributed by atoms with Gasteiger partial charge in [-0.1, -0.05) is 22.0 Å². The van der Waals surface area contributed by atoms with Gasteiger partial charge in [0.2, 0.25) is 5.56 Å². The van der Waals surface area contributed by atoms with Crippen LogP contribution in [0, 0.1) is 0 Å². The second-order valence-corrected chi connectivity index (χ2v) is 2.55. The highest BCUT2D eigenvalue weighted by Gasteiger charge is 2.02. The number of carbonyl (C=O) groups excluding carboxylic acids is 1. The van der Waals surface area contributed by atoms with Gasteiger partial charge in [-0.3, -0.25) is 9.59 Å². The number of hydrogen-bond acceptors (Lipinski definition) is 2. The van der Waals surface area contributed by atoms with E-state index >= 15 is 0 Å². The second-order valence-electron chi connectivity index (χ2n) is 1.99. The Morgan fingerprint density at radius 2 is 2.00 bits per heavy atom. The second kappa shape index (κ2) is 7.12. The van der Waals surface area contributed by atoms with Crippen molar-refractivity contribution in [2.45, 2.75) is 0 Å². The molecule has 0 fully saturated rings. The molecule has 0 radical (unpaired) electrons. The molecule has 1 heterocycles. The minimum absolute atomic E-state index is 0. The van der Waals surface area contributed by atoms with Gasteiger partial charge >= 0.3 is 0 Å². The van der Waals surface area contributed by atoms with Crippen molar-refractivity contribution in [3.63, 3.8) is 0 Å². The molecule has 0 aliphatic carbocycles. The Morgan fingerprint density at radius 1 is 1.38 bits per heavy atom. The molecule has 1 N–H and O–H groups in total. The lowest BCUT2D eigenvalue weighted by atomic mass is 10.3. The molecule has 0 spiro atoms. The first kappa shape index (κ1) is 15.2. The number of aromatic amines is 1.